The van der Waals surface area contributed by atoms with Gasteiger partial charge in [0.1, 0.15) is 0 Å². The molecule has 0 spiro atoms. The second-order valence-corrected chi connectivity index (χ2v) is 4.84. The van der Waals surface area contributed by atoms with Crippen molar-refractivity contribution in [1.29, 1.82) is 0 Å². The molecular formula is C14H20FNO. The van der Waals surface area contributed by atoms with E-state index in [9.17, 15) is 4.39 Å². The van der Waals surface area contributed by atoms with E-state index in [4.69, 9.17) is 4.74 Å². The van der Waals surface area contributed by atoms with Gasteiger partial charge in [-0.3, -0.25) is 0 Å². The zero-order valence-electron chi connectivity index (χ0n) is 10.5. The van der Waals surface area contributed by atoms with Crippen LogP contribution in [0.15, 0.2) is 18.2 Å². The molecule has 1 aromatic carbocycles. The van der Waals surface area contributed by atoms with Gasteiger partial charge < -0.3 is 10.1 Å². The van der Waals surface area contributed by atoms with Crippen LogP contribution in [0.2, 0.25) is 0 Å². The van der Waals surface area contributed by atoms with E-state index < -0.39 is 0 Å². The van der Waals surface area contributed by atoms with Gasteiger partial charge >= 0.3 is 0 Å². The first-order valence-corrected chi connectivity index (χ1v) is 6.22. The third kappa shape index (κ3) is 2.97. The molecule has 2 unspecified atom stereocenters. The third-order valence-corrected chi connectivity index (χ3v) is 3.69. The topological polar surface area (TPSA) is 21.3 Å². The van der Waals surface area contributed by atoms with Crippen molar-refractivity contribution in [3.8, 4) is 5.75 Å². The lowest BCUT2D eigenvalue weighted by Gasteiger charge is -2.11. The molecule has 1 saturated carbocycles. The zero-order chi connectivity index (χ0) is 12.3. The fourth-order valence-electron chi connectivity index (χ4n) is 2.69. The molecule has 17 heavy (non-hydrogen) atoms. The number of halogens is 1. The third-order valence-electron chi connectivity index (χ3n) is 3.69. The molecule has 0 aromatic heterocycles. The highest BCUT2D eigenvalue weighted by Crippen LogP contribution is 2.29. The van der Waals surface area contributed by atoms with Gasteiger partial charge in [0.05, 0.1) is 7.11 Å². The van der Waals surface area contributed by atoms with Crippen molar-refractivity contribution in [3.63, 3.8) is 0 Å². The van der Waals surface area contributed by atoms with Crippen LogP contribution in [0.3, 0.4) is 0 Å². The molecule has 3 heteroatoms. The lowest BCUT2D eigenvalue weighted by Crippen LogP contribution is -2.21. The lowest BCUT2D eigenvalue weighted by atomic mass is 9.97. The quantitative estimate of drug-likeness (QED) is 0.869. The fraction of sp³-hybridized carbons (Fsp3) is 0.571. The molecule has 2 atom stereocenters. The molecule has 94 valence electrons. The maximum Gasteiger partial charge on any atom is 0.165 e. The second-order valence-electron chi connectivity index (χ2n) is 4.84. The molecule has 2 rings (SSSR count). The molecule has 1 N–H and O–H groups in total. The number of hydrogen-bond acceptors (Lipinski definition) is 2. The van der Waals surface area contributed by atoms with Crippen LogP contribution < -0.4 is 10.1 Å². The van der Waals surface area contributed by atoms with Crippen LogP contribution in [-0.2, 0) is 6.42 Å². The van der Waals surface area contributed by atoms with Crippen molar-refractivity contribution >= 4 is 0 Å². The standard InChI is InChI=1S/C14H20FNO/c1-16-12-5-3-10(8-12)7-11-4-6-14(17-2)13(15)9-11/h4,6,9-10,12,16H,3,5,7-8H2,1-2H3. The lowest BCUT2D eigenvalue weighted by molar-refractivity contribution is 0.385. The van der Waals surface area contributed by atoms with Gasteiger partial charge in [-0.05, 0) is 56.3 Å². The number of nitrogens with one attached hydrogen (secondary N) is 1. The smallest absolute Gasteiger partial charge is 0.165 e. The van der Waals surface area contributed by atoms with Gasteiger partial charge in [-0.2, -0.15) is 0 Å². The molecular weight excluding hydrogens is 217 g/mol. The summed E-state index contributed by atoms with van der Waals surface area (Å²) in [6.45, 7) is 0. The summed E-state index contributed by atoms with van der Waals surface area (Å²) in [5, 5.41) is 3.32. The van der Waals surface area contributed by atoms with E-state index in [0.29, 0.717) is 17.7 Å². The predicted molar refractivity (Wildman–Crippen MR) is 66.8 cm³/mol. The maximum absolute atomic E-state index is 13.5. The minimum atomic E-state index is -0.256. The number of benzene rings is 1. The Morgan fingerprint density at radius 2 is 2.24 bits per heavy atom. The van der Waals surface area contributed by atoms with Gasteiger partial charge in [-0.15, -0.1) is 0 Å². The molecule has 1 aliphatic carbocycles. The van der Waals surface area contributed by atoms with Crippen LogP contribution in [0.1, 0.15) is 24.8 Å². The Bertz CT molecular complexity index is 380. The van der Waals surface area contributed by atoms with Gasteiger partial charge in [-0.25, -0.2) is 4.39 Å². The molecule has 0 radical (unpaired) electrons. The molecule has 0 amide bonds. The van der Waals surface area contributed by atoms with E-state index in [1.807, 2.05) is 13.1 Å². The summed E-state index contributed by atoms with van der Waals surface area (Å²) in [4.78, 5) is 0. The first-order chi connectivity index (χ1) is 8.22. The SMILES string of the molecule is CNC1CCC(Cc2ccc(OC)c(F)c2)C1. The highest BCUT2D eigenvalue weighted by atomic mass is 19.1. The van der Waals surface area contributed by atoms with Gasteiger partial charge in [-0.1, -0.05) is 6.07 Å². The van der Waals surface area contributed by atoms with Crippen LogP contribution in [0.4, 0.5) is 4.39 Å². The zero-order valence-corrected chi connectivity index (χ0v) is 10.5. The predicted octanol–water partition coefficient (Wildman–Crippen LogP) is 2.76. The Labute approximate surface area is 102 Å². The Morgan fingerprint density at radius 1 is 1.41 bits per heavy atom. The van der Waals surface area contributed by atoms with Crippen LogP contribution in [0.5, 0.6) is 5.75 Å². The average Bonchev–Trinajstić information content (AvgIpc) is 2.77. The van der Waals surface area contributed by atoms with Crippen molar-refractivity contribution < 1.29 is 9.13 Å². The van der Waals surface area contributed by atoms with E-state index in [-0.39, 0.29) is 5.82 Å². The average molecular weight is 237 g/mol. The molecule has 0 saturated heterocycles. The van der Waals surface area contributed by atoms with E-state index in [1.165, 1.54) is 26.4 Å². The van der Waals surface area contributed by atoms with Crippen LogP contribution in [0.25, 0.3) is 0 Å². The number of ether oxygens (including phenoxy) is 1. The summed E-state index contributed by atoms with van der Waals surface area (Å²) in [6, 6.07) is 5.93. The Balaban J connectivity index is 1.97. The summed E-state index contributed by atoms with van der Waals surface area (Å²) in [5.41, 5.74) is 1.07. The fourth-order valence-corrected chi connectivity index (χ4v) is 2.69. The molecule has 1 fully saturated rings. The van der Waals surface area contributed by atoms with E-state index >= 15 is 0 Å². The number of rotatable bonds is 4. The summed E-state index contributed by atoms with van der Waals surface area (Å²) in [6.07, 6.45) is 4.64. The van der Waals surface area contributed by atoms with Crippen molar-refractivity contribution in [2.24, 2.45) is 5.92 Å². The normalized spacial score (nSPS) is 23.9. The van der Waals surface area contributed by atoms with Gasteiger partial charge in [0.25, 0.3) is 0 Å². The van der Waals surface area contributed by atoms with Crippen molar-refractivity contribution in [1.82, 2.24) is 5.32 Å². The first kappa shape index (κ1) is 12.4. The van der Waals surface area contributed by atoms with Crippen molar-refractivity contribution in [2.75, 3.05) is 14.2 Å². The Kier molecular flexibility index (Phi) is 4.00. The van der Waals surface area contributed by atoms with E-state index in [1.54, 1.807) is 12.1 Å². The van der Waals surface area contributed by atoms with Crippen LogP contribution in [0, 0.1) is 11.7 Å². The number of methoxy groups -OCH3 is 1. The highest BCUT2D eigenvalue weighted by Gasteiger charge is 2.23. The maximum atomic E-state index is 13.5. The Morgan fingerprint density at radius 3 is 2.82 bits per heavy atom. The summed E-state index contributed by atoms with van der Waals surface area (Å²) in [7, 11) is 3.51. The summed E-state index contributed by atoms with van der Waals surface area (Å²) >= 11 is 0. The second kappa shape index (κ2) is 5.50. The molecule has 0 bridgehead atoms. The van der Waals surface area contributed by atoms with Crippen LogP contribution >= 0.6 is 0 Å². The van der Waals surface area contributed by atoms with Crippen molar-refractivity contribution in [3.05, 3.63) is 29.6 Å². The largest absolute Gasteiger partial charge is 0.494 e. The molecule has 0 heterocycles. The molecule has 1 aliphatic rings. The first-order valence-electron chi connectivity index (χ1n) is 6.22. The number of hydrogen-bond donors (Lipinski definition) is 1. The minimum Gasteiger partial charge on any atom is -0.494 e. The Hall–Kier alpha value is -1.09. The van der Waals surface area contributed by atoms with E-state index in [2.05, 4.69) is 5.32 Å². The minimum absolute atomic E-state index is 0.256. The van der Waals surface area contributed by atoms with Gasteiger partial charge in [0.15, 0.2) is 11.6 Å². The molecule has 2 nitrogen and oxygen atoms in total. The van der Waals surface area contributed by atoms with Gasteiger partial charge in [0.2, 0.25) is 0 Å². The molecule has 0 aliphatic heterocycles. The van der Waals surface area contributed by atoms with E-state index in [0.717, 1.165) is 12.0 Å². The monoisotopic (exact) mass is 237 g/mol. The van der Waals surface area contributed by atoms with Crippen LogP contribution in [-0.4, -0.2) is 20.2 Å². The highest BCUT2D eigenvalue weighted by molar-refractivity contribution is 5.29. The molecule has 1 aromatic rings. The van der Waals surface area contributed by atoms with Crippen molar-refractivity contribution in [2.45, 2.75) is 31.7 Å². The summed E-state index contributed by atoms with van der Waals surface area (Å²) in [5.74, 6) is 0.752. The summed E-state index contributed by atoms with van der Waals surface area (Å²) < 4.78 is 18.4. The van der Waals surface area contributed by atoms with Gasteiger partial charge in [0, 0.05) is 6.04 Å².